The number of halogens is 2. The van der Waals surface area contributed by atoms with Crippen LogP contribution in [-0.4, -0.2) is 23.5 Å². The van der Waals surface area contributed by atoms with Crippen LogP contribution in [0.1, 0.15) is 5.56 Å². The molecule has 7 heteroatoms. The third kappa shape index (κ3) is 3.77. The minimum atomic E-state index is -4.55. The summed E-state index contributed by atoms with van der Waals surface area (Å²) in [6.07, 6.45) is 0.820. The average Bonchev–Trinajstić information content (AvgIpc) is 2.17. The van der Waals surface area contributed by atoms with Crippen molar-refractivity contribution < 1.29 is 18.1 Å². The molecule has 0 aliphatic heterocycles. The first kappa shape index (κ1) is 13.5. The molecule has 0 aromatic heterocycles. The van der Waals surface area contributed by atoms with Crippen molar-refractivity contribution in [2.75, 3.05) is 0 Å². The van der Waals surface area contributed by atoms with Crippen LogP contribution in [0.4, 0.5) is 0 Å². The number of benzene rings is 1. The minimum Gasteiger partial charge on any atom is -0.372 e. The van der Waals surface area contributed by atoms with Crippen molar-refractivity contribution in [3.05, 3.63) is 40.9 Å². The molecule has 0 bridgehead atoms. The van der Waals surface area contributed by atoms with Gasteiger partial charge in [0.25, 0.3) is 10.1 Å². The minimum absolute atomic E-state index is 0.00166. The highest BCUT2D eigenvalue weighted by Crippen LogP contribution is 2.22. The molecule has 0 radical (unpaired) electrons. The van der Waals surface area contributed by atoms with Gasteiger partial charge in [0.15, 0.2) is 0 Å². The molecular formula is C9H8Cl2O4S. The van der Waals surface area contributed by atoms with E-state index in [-0.39, 0.29) is 5.03 Å². The van der Waals surface area contributed by atoms with E-state index in [1.807, 2.05) is 0 Å². The van der Waals surface area contributed by atoms with Crippen LogP contribution in [0, 0.1) is 0 Å². The van der Waals surface area contributed by atoms with E-state index in [9.17, 15) is 8.42 Å². The van der Waals surface area contributed by atoms with Gasteiger partial charge in [-0.05, 0) is 23.8 Å². The van der Waals surface area contributed by atoms with Gasteiger partial charge in [0.05, 0.1) is 0 Å². The normalized spacial score (nSPS) is 14.9. The molecule has 0 heterocycles. The molecule has 1 aromatic rings. The number of aliphatic hydroxyl groups is 1. The first-order valence-electron chi connectivity index (χ1n) is 4.08. The molecule has 88 valence electrons. The lowest BCUT2D eigenvalue weighted by Gasteiger charge is -2.03. The lowest BCUT2D eigenvalue weighted by molar-refractivity contribution is 0.276. The van der Waals surface area contributed by atoms with Crippen LogP contribution in [0.3, 0.4) is 0 Å². The summed E-state index contributed by atoms with van der Waals surface area (Å²) >= 11 is 11.4. The smallest absolute Gasteiger partial charge is 0.295 e. The molecule has 1 atom stereocenters. The Bertz CT molecular complexity index is 493. The molecule has 2 N–H and O–H groups in total. The fraction of sp³-hybridized carbons (Fsp3) is 0.111. The van der Waals surface area contributed by atoms with Crippen molar-refractivity contribution in [2.45, 2.75) is 5.44 Å². The van der Waals surface area contributed by atoms with Crippen LogP contribution in [-0.2, 0) is 10.1 Å². The van der Waals surface area contributed by atoms with E-state index in [1.54, 1.807) is 24.3 Å². The third-order valence-corrected chi connectivity index (χ3v) is 3.06. The van der Waals surface area contributed by atoms with Crippen molar-refractivity contribution in [3.63, 3.8) is 0 Å². The van der Waals surface area contributed by atoms with Crippen LogP contribution in [0.15, 0.2) is 30.3 Å². The van der Waals surface area contributed by atoms with Gasteiger partial charge in [0, 0.05) is 10.1 Å². The SMILES string of the molecule is O=S(=O)(O)C(O)/C=C(\Cl)c1ccc(Cl)cc1. The summed E-state index contributed by atoms with van der Waals surface area (Å²) in [4.78, 5) is 0. The Balaban J connectivity index is 2.98. The molecule has 1 aromatic carbocycles. The molecule has 1 rings (SSSR count). The Morgan fingerprint density at radius 3 is 2.25 bits per heavy atom. The molecule has 0 saturated carbocycles. The van der Waals surface area contributed by atoms with Crippen molar-refractivity contribution in [2.24, 2.45) is 0 Å². The zero-order valence-electron chi connectivity index (χ0n) is 7.84. The second-order valence-electron chi connectivity index (χ2n) is 2.93. The van der Waals surface area contributed by atoms with Gasteiger partial charge >= 0.3 is 0 Å². The van der Waals surface area contributed by atoms with Crippen LogP contribution >= 0.6 is 23.2 Å². The van der Waals surface area contributed by atoms with E-state index in [2.05, 4.69) is 0 Å². The Morgan fingerprint density at radius 1 is 1.31 bits per heavy atom. The molecule has 0 aliphatic rings. The van der Waals surface area contributed by atoms with Gasteiger partial charge in [-0.2, -0.15) is 8.42 Å². The second kappa shape index (κ2) is 5.16. The first-order chi connectivity index (χ1) is 7.30. The molecule has 0 fully saturated rings. The molecule has 1 unspecified atom stereocenters. The Labute approximate surface area is 103 Å². The van der Waals surface area contributed by atoms with Crippen LogP contribution < -0.4 is 0 Å². The van der Waals surface area contributed by atoms with Gasteiger partial charge in [-0.15, -0.1) is 0 Å². The summed E-state index contributed by atoms with van der Waals surface area (Å²) in [5.74, 6) is 0. The Kier molecular flexibility index (Phi) is 4.35. The monoisotopic (exact) mass is 282 g/mol. The van der Waals surface area contributed by atoms with Gasteiger partial charge < -0.3 is 5.11 Å². The molecule has 16 heavy (non-hydrogen) atoms. The zero-order chi connectivity index (χ0) is 12.3. The molecule has 4 nitrogen and oxygen atoms in total. The van der Waals surface area contributed by atoms with Gasteiger partial charge in [-0.3, -0.25) is 4.55 Å². The van der Waals surface area contributed by atoms with E-state index < -0.39 is 15.6 Å². The highest BCUT2D eigenvalue weighted by molar-refractivity contribution is 7.86. The fourth-order valence-corrected chi connectivity index (χ4v) is 1.67. The largest absolute Gasteiger partial charge is 0.372 e. The highest BCUT2D eigenvalue weighted by atomic mass is 35.5. The molecule has 0 amide bonds. The maximum Gasteiger partial charge on any atom is 0.295 e. The maximum atomic E-state index is 10.5. The quantitative estimate of drug-likeness (QED) is 0.833. The standard InChI is InChI=1S/C9H8Cl2O4S/c10-7-3-1-6(2-4-7)8(11)5-9(12)16(13,14)15/h1-5,9,12H,(H,13,14,15)/b8-5-. The molecular weight excluding hydrogens is 275 g/mol. The summed E-state index contributed by atoms with van der Waals surface area (Å²) in [6.45, 7) is 0. The number of rotatable bonds is 3. The van der Waals surface area contributed by atoms with Crippen molar-refractivity contribution >= 4 is 38.4 Å². The van der Waals surface area contributed by atoms with Gasteiger partial charge in [-0.1, -0.05) is 35.3 Å². The van der Waals surface area contributed by atoms with E-state index in [0.717, 1.165) is 6.08 Å². The van der Waals surface area contributed by atoms with Crippen LogP contribution in [0.2, 0.25) is 5.02 Å². The maximum absolute atomic E-state index is 10.5. The van der Waals surface area contributed by atoms with Crippen molar-refractivity contribution in [3.8, 4) is 0 Å². The van der Waals surface area contributed by atoms with E-state index in [1.165, 1.54) is 0 Å². The summed E-state index contributed by atoms with van der Waals surface area (Å²) in [5, 5.41) is 9.55. The topological polar surface area (TPSA) is 74.6 Å². The average molecular weight is 283 g/mol. The van der Waals surface area contributed by atoms with Crippen molar-refractivity contribution in [1.29, 1.82) is 0 Å². The summed E-state index contributed by atoms with van der Waals surface area (Å²) in [7, 11) is -4.55. The second-order valence-corrected chi connectivity index (χ2v) is 5.28. The number of hydrogen-bond donors (Lipinski definition) is 2. The summed E-state index contributed by atoms with van der Waals surface area (Å²) in [5.41, 5.74) is -1.57. The molecule has 0 spiro atoms. The molecule has 0 saturated heterocycles. The number of hydrogen-bond acceptors (Lipinski definition) is 3. The highest BCUT2D eigenvalue weighted by Gasteiger charge is 2.17. The third-order valence-electron chi connectivity index (χ3n) is 1.71. The number of aliphatic hydroxyl groups excluding tert-OH is 1. The van der Waals surface area contributed by atoms with Crippen LogP contribution in [0.25, 0.3) is 5.03 Å². The first-order valence-corrected chi connectivity index (χ1v) is 6.34. The van der Waals surface area contributed by atoms with Gasteiger partial charge in [-0.25, -0.2) is 0 Å². The van der Waals surface area contributed by atoms with Crippen molar-refractivity contribution in [1.82, 2.24) is 0 Å². The van der Waals surface area contributed by atoms with Gasteiger partial charge in [0.2, 0.25) is 5.44 Å². The van der Waals surface area contributed by atoms with E-state index >= 15 is 0 Å². The summed E-state index contributed by atoms with van der Waals surface area (Å²) in [6, 6.07) is 6.23. The van der Waals surface area contributed by atoms with E-state index in [0.29, 0.717) is 10.6 Å². The Morgan fingerprint density at radius 2 is 1.81 bits per heavy atom. The van der Waals surface area contributed by atoms with Gasteiger partial charge in [0.1, 0.15) is 0 Å². The lowest BCUT2D eigenvalue weighted by atomic mass is 10.2. The fourth-order valence-electron chi connectivity index (χ4n) is 0.916. The Hall–Kier alpha value is -0.590. The zero-order valence-corrected chi connectivity index (χ0v) is 10.2. The van der Waals surface area contributed by atoms with E-state index in [4.69, 9.17) is 32.9 Å². The van der Waals surface area contributed by atoms with Crippen LogP contribution in [0.5, 0.6) is 0 Å². The predicted octanol–water partition coefficient (Wildman–Crippen LogP) is 2.13. The summed E-state index contributed by atoms with van der Waals surface area (Å²) < 4.78 is 29.6. The predicted molar refractivity (Wildman–Crippen MR) is 62.8 cm³/mol. The lowest BCUT2D eigenvalue weighted by Crippen LogP contribution is -2.16. The molecule has 0 aliphatic carbocycles.